The van der Waals surface area contributed by atoms with E-state index in [-0.39, 0.29) is 22.8 Å². The monoisotopic (exact) mass is 428 g/mol. The maximum absolute atomic E-state index is 12.7. The number of thioether (sulfide) groups is 1. The molecule has 0 saturated heterocycles. The highest BCUT2D eigenvalue weighted by molar-refractivity contribution is 8.05. The third-order valence-electron chi connectivity index (χ3n) is 4.48. The van der Waals surface area contributed by atoms with Crippen molar-refractivity contribution in [1.82, 2.24) is 9.97 Å². The van der Waals surface area contributed by atoms with E-state index in [2.05, 4.69) is 15.3 Å². The van der Waals surface area contributed by atoms with Crippen LogP contribution in [-0.4, -0.2) is 26.0 Å². The first kappa shape index (κ1) is 17.5. The number of benzene rings is 1. The number of nitrogens with zero attached hydrogens (tertiary/aromatic N) is 3. The third-order valence-corrected chi connectivity index (χ3v) is 7.73. The van der Waals surface area contributed by atoms with Gasteiger partial charge in [0, 0.05) is 23.3 Å². The molecular formula is C18H12N4O3S3. The predicted molar refractivity (Wildman–Crippen MR) is 113 cm³/mol. The molecule has 28 heavy (non-hydrogen) atoms. The highest BCUT2D eigenvalue weighted by Crippen LogP contribution is 2.42. The first-order valence-electron chi connectivity index (χ1n) is 8.39. The van der Waals surface area contributed by atoms with Gasteiger partial charge in [0.05, 0.1) is 29.8 Å². The molecule has 1 amide bonds. The molecule has 1 aromatic carbocycles. The van der Waals surface area contributed by atoms with Crippen LogP contribution in [0, 0.1) is 23.0 Å². The number of aryl methyl sites for hydroxylation is 1. The molecule has 0 fully saturated rings. The first-order valence-corrected chi connectivity index (χ1v) is 10.9. The summed E-state index contributed by atoms with van der Waals surface area (Å²) >= 11 is 4.45. The van der Waals surface area contributed by atoms with Crippen molar-refractivity contribution >= 4 is 65.9 Å². The Morgan fingerprint density at radius 3 is 2.93 bits per heavy atom. The normalized spacial score (nSPS) is 20.9. The Kier molecular flexibility index (Phi) is 4.07. The van der Waals surface area contributed by atoms with Crippen LogP contribution in [0.5, 0.6) is 0 Å². The second-order valence-corrected chi connectivity index (χ2v) is 9.82. The summed E-state index contributed by atoms with van der Waals surface area (Å²) in [6.45, 7) is 1.97. The number of anilines is 1. The van der Waals surface area contributed by atoms with Crippen LogP contribution in [-0.2, 0) is 4.79 Å². The fourth-order valence-electron chi connectivity index (χ4n) is 3.24. The molecule has 1 N–H and O–H groups in total. The van der Waals surface area contributed by atoms with Crippen molar-refractivity contribution in [2.24, 2.45) is 5.92 Å². The van der Waals surface area contributed by atoms with Gasteiger partial charge in [-0.05, 0) is 19.1 Å². The molecule has 0 radical (unpaired) electrons. The summed E-state index contributed by atoms with van der Waals surface area (Å²) in [5.41, 5.74) is 1.79. The van der Waals surface area contributed by atoms with Crippen molar-refractivity contribution in [2.75, 3.05) is 5.32 Å². The quantitative estimate of drug-likeness (QED) is 0.487. The highest BCUT2D eigenvalue weighted by Gasteiger charge is 2.33. The van der Waals surface area contributed by atoms with E-state index < -0.39 is 4.92 Å². The molecule has 0 saturated carbocycles. The molecule has 0 unspecified atom stereocenters. The Bertz CT molecular complexity index is 1250. The summed E-state index contributed by atoms with van der Waals surface area (Å²) in [7, 11) is 0. The maximum atomic E-state index is 12.7. The lowest BCUT2D eigenvalue weighted by atomic mass is 9.98. The van der Waals surface area contributed by atoms with E-state index in [4.69, 9.17) is 0 Å². The second kappa shape index (κ2) is 6.50. The van der Waals surface area contributed by atoms with Gasteiger partial charge < -0.3 is 0 Å². The standard InChI is InChI=1S/C18H12N4O3S3/c1-8-19-15-13(26-8)5-3-11-16(15)28-18(20-11)21-17(23)14-7-9-6-10(22(24)25)2-4-12(9)27-14/h2-7,9,12H,1H3,(H,20,21,23)/t9-,12+/m0/s1. The summed E-state index contributed by atoms with van der Waals surface area (Å²) in [4.78, 5) is 32.9. The smallest absolute Gasteiger partial charge is 0.265 e. The van der Waals surface area contributed by atoms with Crippen molar-refractivity contribution in [3.63, 3.8) is 0 Å². The molecule has 5 rings (SSSR count). The number of carbonyl (C=O) groups excluding carboxylic acids is 1. The van der Waals surface area contributed by atoms with E-state index in [1.807, 2.05) is 19.1 Å². The van der Waals surface area contributed by atoms with Gasteiger partial charge >= 0.3 is 0 Å². The predicted octanol–water partition coefficient (Wildman–Crippen LogP) is 4.50. The Morgan fingerprint density at radius 2 is 2.11 bits per heavy atom. The zero-order valence-electron chi connectivity index (χ0n) is 14.4. The SMILES string of the molecule is Cc1nc2c(ccc3nc(NC(=O)C4=C[C@@H]5C=C([N+](=O)[O-])C=C[C@H]5S4)sc32)s1. The molecule has 140 valence electrons. The van der Waals surface area contributed by atoms with Crippen LogP contribution in [0.4, 0.5) is 5.13 Å². The van der Waals surface area contributed by atoms with E-state index in [1.54, 1.807) is 29.6 Å². The van der Waals surface area contributed by atoms with Crippen molar-refractivity contribution in [2.45, 2.75) is 12.2 Å². The number of carbonyl (C=O) groups is 1. The summed E-state index contributed by atoms with van der Waals surface area (Å²) in [5.74, 6) is -0.391. The van der Waals surface area contributed by atoms with Crippen LogP contribution in [0.25, 0.3) is 20.4 Å². The van der Waals surface area contributed by atoms with Crippen LogP contribution in [0.1, 0.15) is 5.01 Å². The molecule has 1 aliphatic heterocycles. The van der Waals surface area contributed by atoms with Crippen LogP contribution in [0.15, 0.2) is 47.0 Å². The van der Waals surface area contributed by atoms with Gasteiger partial charge in [0.25, 0.3) is 11.6 Å². The molecular weight excluding hydrogens is 416 g/mol. The molecule has 3 heterocycles. The zero-order valence-corrected chi connectivity index (χ0v) is 16.9. The largest absolute Gasteiger partial charge is 0.297 e. The Balaban J connectivity index is 1.40. The van der Waals surface area contributed by atoms with Gasteiger partial charge in [0.2, 0.25) is 0 Å². The van der Waals surface area contributed by atoms with Gasteiger partial charge in [-0.3, -0.25) is 20.2 Å². The molecule has 0 bridgehead atoms. The van der Waals surface area contributed by atoms with Gasteiger partial charge in [0.1, 0.15) is 5.52 Å². The van der Waals surface area contributed by atoms with E-state index in [0.29, 0.717) is 10.0 Å². The summed E-state index contributed by atoms with van der Waals surface area (Å²) in [6.07, 6.45) is 6.66. The molecule has 2 aromatic heterocycles. The van der Waals surface area contributed by atoms with Crippen LogP contribution < -0.4 is 5.32 Å². The topological polar surface area (TPSA) is 98.0 Å². The number of rotatable bonds is 3. The number of thiazole rings is 2. The zero-order chi connectivity index (χ0) is 19.4. The van der Waals surface area contributed by atoms with Gasteiger partial charge in [0.15, 0.2) is 5.13 Å². The Labute approximate surface area is 171 Å². The number of fused-ring (bicyclic) bond motifs is 4. The average molecular weight is 429 g/mol. The van der Waals surface area contributed by atoms with Gasteiger partial charge in [-0.1, -0.05) is 23.5 Å². The van der Waals surface area contributed by atoms with Crippen LogP contribution >= 0.6 is 34.4 Å². The number of nitro groups is 1. The highest BCUT2D eigenvalue weighted by atomic mass is 32.2. The second-order valence-electron chi connectivity index (χ2n) is 6.37. The number of amides is 1. The number of allylic oxidation sites excluding steroid dienone is 3. The first-order chi connectivity index (χ1) is 13.5. The summed E-state index contributed by atoms with van der Waals surface area (Å²) in [5, 5.41) is 15.3. The lowest BCUT2D eigenvalue weighted by Gasteiger charge is -2.13. The molecule has 2 aliphatic rings. The lowest BCUT2D eigenvalue weighted by Crippen LogP contribution is -2.13. The minimum Gasteiger partial charge on any atom is -0.297 e. The van der Waals surface area contributed by atoms with E-state index in [9.17, 15) is 14.9 Å². The van der Waals surface area contributed by atoms with Gasteiger partial charge in [-0.15, -0.1) is 23.1 Å². The van der Waals surface area contributed by atoms with Gasteiger partial charge in [-0.2, -0.15) is 0 Å². The Hall–Kier alpha value is -2.56. The maximum Gasteiger partial charge on any atom is 0.265 e. The van der Waals surface area contributed by atoms with E-state index >= 15 is 0 Å². The minimum absolute atomic E-state index is 0.0115. The number of nitrogens with one attached hydrogen (secondary N) is 1. The number of aromatic nitrogens is 2. The lowest BCUT2D eigenvalue weighted by molar-refractivity contribution is -0.419. The average Bonchev–Trinajstić information content (AvgIpc) is 3.35. The third kappa shape index (κ3) is 2.93. The molecule has 1 aliphatic carbocycles. The van der Waals surface area contributed by atoms with Crippen LogP contribution in [0.3, 0.4) is 0 Å². The minimum atomic E-state index is -0.411. The Morgan fingerprint density at radius 1 is 1.25 bits per heavy atom. The summed E-state index contributed by atoms with van der Waals surface area (Å²) in [6, 6.07) is 3.94. The fourth-order valence-corrected chi connectivity index (χ4v) is 6.25. The van der Waals surface area contributed by atoms with Crippen molar-refractivity contribution in [3.05, 3.63) is 62.2 Å². The van der Waals surface area contributed by atoms with Crippen molar-refractivity contribution < 1.29 is 9.72 Å². The molecule has 3 aromatic rings. The van der Waals surface area contributed by atoms with E-state index in [0.717, 1.165) is 25.4 Å². The van der Waals surface area contributed by atoms with E-state index in [1.165, 1.54) is 29.2 Å². The van der Waals surface area contributed by atoms with Crippen molar-refractivity contribution in [3.8, 4) is 0 Å². The number of hydrogen-bond donors (Lipinski definition) is 1. The fraction of sp³-hybridized carbons (Fsp3) is 0.167. The molecule has 0 spiro atoms. The molecule has 10 heteroatoms. The molecule has 2 atom stereocenters. The number of hydrogen-bond acceptors (Lipinski definition) is 8. The van der Waals surface area contributed by atoms with Gasteiger partial charge in [-0.25, -0.2) is 9.97 Å². The van der Waals surface area contributed by atoms with Crippen LogP contribution in [0.2, 0.25) is 0 Å². The molecule has 7 nitrogen and oxygen atoms in total. The van der Waals surface area contributed by atoms with Crippen molar-refractivity contribution in [1.29, 1.82) is 0 Å². The summed E-state index contributed by atoms with van der Waals surface area (Å²) < 4.78 is 2.06.